The van der Waals surface area contributed by atoms with Crippen LogP contribution in [0.3, 0.4) is 0 Å². The van der Waals surface area contributed by atoms with Crippen LogP contribution in [0, 0.1) is 6.92 Å². The fourth-order valence-electron chi connectivity index (χ4n) is 3.52. The average Bonchev–Trinajstić information content (AvgIpc) is 2.92. The van der Waals surface area contributed by atoms with Crippen molar-refractivity contribution in [3.8, 4) is 0 Å². The molecule has 1 aliphatic rings. The lowest BCUT2D eigenvalue weighted by Gasteiger charge is -2.18. The van der Waals surface area contributed by atoms with Crippen LogP contribution in [0.25, 0.3) is 0 Å². The minimum atomic E-state index is -3.44. The van der Waals surface area contributed by atoms with Crippen LogP contribution in [0.15, 0.2) is 24.3 Å². The fourth-order valence-corrected chi connectivity index (χ4v) is 4.10. The van der Waals surface area contributed by atoms with E-state index in [9.17, 15) is 18.0 Å². The van der Waals surface area contributed by atoms with Crippen molar-refractivity contribution >= 4 is 27.4 Å². The number of benzene rings is 1. The Hall–Kier alpha value is -2.61. The summed E-state index contributed by atoms with van der Waals surface area (Å²) in [4.78, 5) is 28.0. The molecule has 1 aromatic carbocycles. The zero-order valence-corrected chi connectivity index (χ0v) is 16.4. The molecular formula is C19H23N3O4S. The minimum Gasteiger partial charge on any atom is -0.354 e. The molecule has 1 aromatic heterocycles. The molecule has 0 aliphatic heterocycles. The third-order valence-electron chi connectivity index (χ3n) is 4.73. The maximum absolute atomic E-state index is 12.8. The minimum absolute atomic E-state index is 0.0693. The summed E-state index contributed by atoms with van der Waals surface area (Å²) >= 11 is 0. The van der Waals surface area contributed by atoms with Crippen LogP contribution in [-0.4, -0.2) is 31.3 Å². The Morgan fingerprint density at radius 3 is 2.59 bits per heavy atom. The molecular weight excluding hydrogens is 366 g/mol. The van der Waals surface area contributed by atoms with Crippen LogP contribution < -0.4 is 10.0 Å². The number of hydrogen-bond acceptors (Lipinski definition) is 4. The lowest BCUT2D eigenvalue weighted by atomic mass is 9.94. The van der Waals surface area contributed by atoms with Crippen LogP contribution in [0.2, 0.25) is 0 Å². The Bertz CT molecular complexity index is 1010. The van der Waals surface area contributed by atoms with Crippen LogP contribution in [0.4, 0.5) is 5.69 Å². The number of para-hydroxylation sites is 1. The van der Waals surface area contributed by atoms with Gasteiger partial charge in [-0.05, 0) is 43.9 Å². The SMILES string of the molecule is Cc1c(C(=O)NC(C)c2ccccc2NS(C)(=O)=O)[nH]c2c1C(=O)CCC2. The topological polar surface area (TPSA) is 108 Å². The van der Waals surface area contributed by atoms with Gasteiger partial charge in [-0.25, -0.2) is 8.42 Å². The first kappa shape index (κ1) is 19.2. The molecule has 1 amide bonds. The van der Waals surface area contributed by atoms with Gasteiger partial charge >= 0.3 is 0 Å². The van der Waals surface area contributed by atoms with Gasteiger partial charge in [0.05, 0.1) is 18.0 Å². The quantitative estimate of drug-likeness (QED) is 0.730. The normalized spacial score (nSPS) is 15.1. The number of aryl methyl sites for hydroxylation is 1. The second-order valence-corrected chi connectivity index (χ2v) is 8.66. The van der Waals surface area contributed by atoms with Gasteiger partial charge in [0.25, 0.3) is 5.91 Å². The molecule has 1 atom stereocenters. The first-order valence-corrected chi connectivity index (χ1v) is 10.7. The number of anilines is 1. The largest absolute Gasteiger partial charge is 0.354 e. The number of H-pyrrole nitrogens is 1. The van der Waals surface area contributed by atoms with Crippen LogP contribution >= 0.6 is 0 Å². The summed E-state index contributed by atoms with van der Waals surface area (Å²) in [5.41, 5.74) is 3.59. The molecule has 0 radical (unpaired) electrons. The predicted octanol–water partition coefficient (Wildman–Crippen LogP) is 2.70. The number of aromatic nitrogens is 1. The molecule has 2 aromatic rings. The van der Waals surface area contributed by atoms with Crippen LogP contribution in [0.5, 0.6) is 0 Å². The first-order chi connectivity index (χ1) is 12.7. The van der Waals surface area contributed by atoms with Crippen LogP contribution in [-0.2, 0) is 16.4 Å². The summed E-state index contributed by atoms with van der Waals surface area (Å²) in [5.74, 6) is -0.254. The van der Waals surface area contributed by atoms with Crippen molar-refractivity contribution in [1.29, 1.82) is 0 Å². The lowest BCUT2D eigenvalue weighted by Crippen LogP contribution is -2.28. The van der Waals surface area contributed by atoms with Gasteiger partial charge in [-0.1, -0.05) is 18.2 Å². The molecule has 7 nitrogen and oxygen atoms in total. The number of sulfonamides is 1. The third-order valence-corrected chi connectivity index (χ3v) is 5.33. The highest BCUT2D eigenvalue weighted by Gasteiger charge is 2.27. The first-order valence-electron chi connectivity index (χ1n) is 8.79. The van der Waals surface area contributed by atoms with Crippen molar-refractivity contribution < 1.29 is 18.0 Å². The number of fused-ring (bicyclic) bond motifs is 1. The zero-order valence-electron chi connectivity index (χ0n) is 15.5. The molecule has 3 rings (SSSR count). The average molecular weight is 389 g/mol. The Kier molecular flexibility index (Phi) is 5.10. The summed E-state index contributed by atoms with van der Waals surface area (Å²) < 4.78 is 25.6. The number of hydrogen-bond donors (Lipinski definition) is 3. The summed E-state index contributed by atoms with van der Waals surface area (Å²) in [6.07, 6.45) is 3.13. The number of carbonyl (C=O) groups excluding carboxylic acids is 2. The van der Waals surface area contributed by atoms with E-state index in [0.717, 1.165) is 24.8 Å². The van der Waals surface area contributed by atoms with E-state index >= 15 is 0 Å². The highest BCUT2D eigenvalue weighted by Crippen LogP contribution is 2.28. The van der Waals surface area contributed by atoms with Gasteiger partial charge in [-0.2, -0.15) is 0 Å². The molecule has 8 heteroatoms. The lowest BCUT2D eigenvalue weighted by molar-refractivity contribution is 0.0934. The smallest absolute Gasteiger partial charge is 0.268 e. The third kappa shape index (κ3) is 4.05. The molecule has 0 fully saturated rings. The number of rotatable bonds is 5. The molecule has 144 valence electrons. The van der Waals surface area contributed by atoms with Gasteiger partial charge in [0.1, 0.15) is 5.69 Å². The number of aromatic amines is 1. The molecule has 0 bridgehead atoms. The van der Waals surface area contributed by atoms with E-state index in [2.05, 4.69) is 15.0 Å². The molecule has 1 heterocycles. The van der Waals surface area contributed by atoms with E-state index in [-0.39, 0.29) is 11.7 Å². The summed E-state index contributed by atoms with van der Waals surface area (Å²) in [6, 6.07) is 6.48. The van der Waals surface area contributed by atoms with Crippen molar-refractivity contribution in [1.82, 2.24) is 10.3 Å². The van der Waals surface area contributed by atoms with E-state index in [1.54, 1.807) is 38.1 Å². The summed E-state index contributed by atoms with van der Waals surface area (Å²) in [7, 11) is -3.44. The molecule has 27 heavy (non-hydrogen) atoms. The van der Waals surface area contributed by atoms with E-state index in [0.29, 0.717) is 34.5 Å². The number of carbonyl (C=O) groups is 2. The Balaban J connectivity index is 1.85. The van der Waals surface area contributed by atoms with Gasteiger partial charge in [-0.3, -0.25) is 14.3 Å². The Labute approximate surface area is 158 Å². The number of Topliss-reactive ketones (excluding diaryl/α,β-unsaturated/α-hetero) is 1. The Morgan fingerprint density at radius 1 is 1.22 bits per heavy atom. The van der Waals surface area contributed by atoms with Crippen LogP contribution in [0.1, 0.15) is 63.5 Å². The highest BCUT2D eigenvalue weighted by molar-refractivity contribution is 7.92. The van der Waals surface area contributed by atoms with E-state index in [1.165, 1.54) is 0 Å². The maximum atomic E-state index is 12.8. The van der Waals surface area contributed by atoms with Gasteiger partial charge < -0.3 is 10.3 Å². The predicted molar refractivity (Wildman–Crippen MR) is 104 cm³/mol. The van der Waals surface area contributed by atoms with Gasteiger partial charge in [0.15, 0.2) is 5.78 Å². The molecule has 0 spiro atoms. The highest BCUT2D eigenvalue weighted by atomic mass is 32.2. The number of nitrogens with one attached hydrogen (secondary N) is 3. The van der Waals surface area contributed by atoms with E-state index in [4.69, 9.17) is 0 Å². The van der Waals surface area contributed by atoms with Crippen molar-refractivity contribution in [2.24, 2.45) is 0 Å². The van der Waals surface area contributed by atoms with Crippen molar-refractivity contribution in [3.63, 3.8) is 0 Å². The molecule has 0 saturated heterocycles. The van der Waals surface area contributed by atoms with Gasteiger partial charge in [-0.15, -0.1) is 0 Å². The molecule has 1 aliphatic carbocycles. The summed E-state index contributed by atoms with van der Waals surface area (Å²) in [5, 5.41) is 2.89. The fraction of sp³-hybridized carbons (Fsp3) is 0.368. The second kappa shape index (κ2) is 7.19. The maximum Gasteiger partial charge on any atom is 0.268 e. The van der Waals surface area contributed by atoms with Crippen molar-refractivity contribution in [2.45, 2.75) is 39.2 Å². The van der Waals surface area contributed by atoms with Gasteiger partial charge in [0, 0.05) is 17.7 Å². The van der Waals surface area contributed by atoms with Gasteiger partial charge in [0.2, 0.25) is 10.0 Å². The van der Waals surface area contributed by atoms with E-state index < -0.39 is 16.1 Å². The zero-order chi connectivity index (χ0) is 19.8. The number of amides is 1. The number of ketones is 1. The molecule has 1 unspecified atom stereocenters. The summed E-state index contributed by atoms with van der Waals surface area (Å²) in [6.45, 7) is 3.56. The monoisotopic (exact) mass is 389 g/mol. The second-order valence-electron chi connectivity index (χ2n) is 6.91. The van der Waals surface area contributed by atoms with E-state index in [1.807, 2.05) is 0 Å². The van der Waals surface area contributed by atoms with Crippen molar-refractivity contribution in [2.75, 3.05) is 11.0 Å². The van der Waals surface area contributed by atoms with Crippen molar-refractivity contribution in [3.05, 3.63) is 52.3 Å². The standard InChI is InChI=1S/C19H23N3O4S/c1-11-17-15(9-6-10-16(17)23)21-18(11)19(24)20-12(2)13-7-4-5-8-14(13)22-27(3,25)26/h4-5,7-8,12,21-22H,6,9-10H2,1-3H3,(H,20,24). The molecule has 0 saturated carbocycles. The Morgan fingerprint density at radius 2 is 1.93 bits per heavy atom. The molecule has 3 N–H and O–H groups in total.